The van der Waals surface area contributed by atoms with Crippen molar-refractivity contribution in [3.63, 3.8) is 0 Å². The first-order valence-corrected chi connectivity index (χ1v) is 10.1. The van der Waals surface area contributed by atoms with Gasteiger partial charge in [0.25, 0.3) is 5.78 Å². The van der Waals surface area contributed by atoms with E-state index in [9.17, 15) is 19.5 Å². The number of rotatable bonds is 4. The van der Waals surface area contributed by atoms with E-state index in [0.29, 0.717) is 11.3 Å². The van der Waals surface area contributed by atoms with E-state index in [-0.39, 0.29) is 27.1 Å². The Morgan fingerprint density at radius 2 is 1.90 bits per heavy atom. The molecule has 1 atom stereocenters. The zero-order chi connectivity index (χ0) is 22.3. The van der Waals surface area contributed by atoms with Gasteiger partial charge in [-0.05, 0) is 26.0 Å². The van der Waals surface area contributed by atoms with Crippen molar-refractivity contribution < 1.29 is 28.6 Å². The monoisotopic (exact) mass is 438 g/mol. The molecule has 0 bridgehead atoms. The molecule has 1 amide bonds. The summed E-state index contributed by atoms with van der Waals surface area (Å²) in [7, 11) is 1.25. The van der Waals surface area contributed by atoms with Crippen molar-refractivity contribution in [1.82, 2.24) is 4.98 Å². The van der Waals surface area contributed by atoms with Gasteiger partial charge in [0, 0.05) is 5.56 Å². The highest BCUT2D eigenvalue weighted by atomic mass is 32.1. The molecule has 31 heavy (non-hydrogen) atoms. The molecule has 2 aromatic heterocycles. The average molecular weight is 438 g/mol. The summed E-state index contributed by atoms with van der Waals surface area (Å²) < 4.78 is 10.3. The second kappa shape index (κ2) is 7.84. The van der Waals surface area contributed by atoms with Gasteiger partial charge in [0.1, 0.15) is 22.4 Å². The van der Waals surface area contributed by atoms with Crippen LogP contribution in [0.3, 0.4) is 0 Å². The number of ether oxygens (including phenoxy) is 1. The van der Waals surface area contributed by atoms with Crippen LogP contribution in [0.1, 0.15) is 38.3 Å². The number of aliphatic hydroxyl groups is 1. The minimum atomic E-state index is -1.03. The average Bonchev–Trinajstić information content (AvgIpc) is 3.47. The Kier molecular flexibility index (Phi) is 5.20. The Balaban J connectivity index is 1.90. The number of esters is 1. The third kappa shape index (κ3) is 3.42. The van der Waals surface area contributed by atoms with Crippen molar-refractivity contribution >= 4 is 39.9 Å². The molecule has 0 spiro atoms. The van der Waals surface area contributed by atoms with Gasteiger partial charge in [0.2, 0.25) is 0 Å². The number of nitrogens with zero attached hydrogens (tertiary/aromatic N) is 2. The largest absolute Gasteiger partial charge is 0.507 e. The molecule has 1 saturated heterocycles. The van der Waals surface area contributed by atoms with Gasteiger partial charge in [0.05, 0.1) is 24.6 Å². The van der Waals surface area contributed by atoms with Crippen LogP contribution in [0.5, 0.6) is 0 Å². The van der Waals surface area contributed by atoms with Crippen LogP contribution in [0.4, 0.5) is 5.13 Å². The van der Waals surface area contributed by atoms with Gasteiger partial charge in [-0.15, -0.1) is 0 Å². The molecule has 8 nitrogen and oxygen atoms in total. The Morgan fingerprint density at radius 1 is 1.19 bits per heavy atom. The van der Waals surface area contributed by atoms with E-state index in [1.165, 1.54) is 13.4 Å². The number of Topliss-reactive ketones (excluding diaryl/α,β-unsaturated/α-hetero) is 1. The molecule has 3 heterocycles. The number of benzene rings is 1. The van der Waals surface area contributed by atoms with E-state index in [2.05, 4.69) is 4.98 Å². The van der Waals surface area contributed by atoms with Gasteiger partial charge in [0.15, 0.2) is 5.13 Å². The van der Waals surface area contributed by atoms with Gasteiger partial charge in [-0.3, -0.25) is 14.5 Å². The number of thiazole rings is 1. The number of aromatic nitrogens is 1. The van der Waals surface area contributed by atoms with Crippen LogP contribution < -0.4 is 4.90 Å². The van der Waals surface area contributed by atoms with E-state index in [4.69, 9.17) is 9.15 Å². The van der Waals surface area contributed by atoms with Crippen LogP contribution in [-0.4, -0.2) is 34.9 Å². The highest BCUT2D eigenvalue weighted by molar-refractivity contribution is 7.17. The van der Waals surface area contributed by atoms with Crippen molar-refractivity contribution in [3.05, 3.63) is 75.7 Å². The Labute approximate surface area is 181 Å². The fraction of sp³-hybridized carbons (Fsp3) is 0.182. The number of amides is 1. The molecule has 1 N–H and O–H groups in total. The molecule has 158 valence electrons. The Bertz CT molecular complexity index is 1210. The molecule has 3 aromatic rings. The molecular weight excluding hydrogens is 420 g/mol. The van der Waals surface area contributed by atoms with Crippen molar-refractivity contribution in [2.45, 2.75) is 19.9 Å². The summed E-state index contributed by atoms with van der Waals surface area (Å²) in [5.74, 6) is -2.37. The molecular formula is C22H18N2O6S. The van der Waals surface area contributed by atoms with Crippen LogP contribution in [0.15, 0.2) is 52.7 Å². The smallest absolute Gasteiger partial charge is 0.350 e. The molecule has 1 aliphatic rings. The minimum absolute atomic E-state index is 0.115. The number of hydrogen-bond donors (Lipinski definition) is 1. The van der Waals surface area contributed by atoms with E-state index in [1.807, 2.05) is 6.92 Å². The number of ketones is 1. The molecule has 1 aliphatic heterocycles. The van der Waals surface area contributed by atoms with Crippen molar-refractivity contribution in [1.29, 1.82) is 0 Å². The molecule has 1 fully saturated rings. The van der Waals surface area contributed by atoms with Crippen molar-refractivity contribution in [3.8, 4) is 0 Å². The van der Waals surface area contributed by atoms with Crippen LogP contribution in [0.2, 0.25) is 0 Å². The van der Waals surface area contributed by atoms with E-state index in [0.717, 1.165) is 21.8 Å². The molecule has 4 rings (SSSR count). The second-order valence-electron chi connectivity index (χ2n) is 6.95. The second-order valence-corrected chi connectivity index (χ2v) is 7.93. The Morgan fingerprint density at radius 3 is 2.52 bits per heavy atom. The predicted molar refractivity (Wildman–Crippen MR) is 113 cm³/mol. The number of anilines is 1. The molecule has 0 aliphatic carbocycles. The van der Waals surface area contributed by atoms with Gasteiger partial charge in [-0.1, -0.05) is 41.2 Å². The lowest BCUT2D eigenvalue weighted by molar-refractivity contribution is -0.132. The third-order valence-electron chi connectivity index (χ3n) is 4.94. The first-order valence-electron chi connectivity index (χ1n) is 9.30. The number of hydrogen-bond acceptors (Lipinski definition) is 8. The van der Waals surface area contributed by atoms with Gasteiger partial charge >= 0.3 is 11.9 Å². The highest BCUT2D eigenvalue weighted by Gasteiger charge is 2.49. The lowest BCUT2D eigenvalue weighted by atomic mass is 9.99. The van der Waals surface area contributed by atoms with Gasteiger partial charge in [-0.2, -0.15) is 0 Å². The number of furan rings is 1. The van der Waals surface area contributed by atoms with E-state index < -0.39 is 23.7 Å². The molecule has 0 radical (unpaired) electrons. The number of carbonyl (C=O) groups is 3. The SMILES string of the molecule is COC(=O)c1sc(N2C(=O)C(=O)/C(=C(/O)c3ccc(C)cc3)[C@@H]2c2ccco2)nc1C. The first kappa shape index (κ1) is 20.5. The number of aryl methyl sites for hydroxylation is 2. The fourth-order valence-corrected chi connectivity index (χ4v) is 4.39. The third-order valence-corrected chi connectivity index (χ3v) is 6.08. The molecule has 0 saturated carbocycles. The number of methoxy groups -OCH3 is 1. The summed E-state index contributed by atoms with van der Waals surface area (Å²) in [6.07, 6.45) is 1.41. The van der Waals surface area contributed by atoms with Gasteiger partial charge < -0.3 is 14.3 Å². The number of carbonyl (C=O) groups excluding carboxylic acids is 3. The van der Waals surface area contributed by atoms with Crippen molar-refractivity contribution in [2.24, 2.45) is 0 Å². The summed E-state index contributed by atoms with van der Waals surface area (Å²) in [6, 6.07) is 9.11. The maximum absolute atomic E-state index is 13.0. The lowest BCUT2D eigenvalue weighted by Gasteiger charge is -2.20. The normalized spacial score (nSPS) is 17.9. The summed E-state index contributed by atoms with van der Waals surface area (Å²) >= 11 is 0.929. The minimum Gasteiger partial charge on any atom is -0.507 e. The van der Waals surface area contributed by atoms with Crippen LogP contribution in [0.25, 0.3) is 5.76 Å². The van der Waals surface area contributed by atoms with Crippen LogP contribution in [-0.2, 0) is 14.3 Å². The van der Waals surface area contributed by atoms with Gasteiger partial charge in [-0.25, -0.2) is 9.78 Å². The maximum Gasteiger partial charge on any atom is 0.350 e. The standard InChI is InChI=1S/C22H18N2O6S/c1-11-6-8-13(9-7-11)17(25)15-16(14-5-4-10-30-14)24(20(27)18(15)26)22-23-12(2)19(31-22)21(28)29-3/h4-10,16,25H,1-3H3/b17-15+/t16-/m0/s1. The molecule has 9 heteroatoms. The molecule has 1 aromatic carbocycles. The van der Waals surface area contributed by atoms with Crippen LogP contribution >= 0.6 is 11.3 Å². The maximum atomic E-state index is 13.0. The quantitative estimate of drug-likeness (QED) is 0.286. The summed E-state index contributed by atoms with van der Waals surface area (Å²) in [5, 5.41) is 11.1. The highest BCUT2D eigenvalue weighted by Crippen LogP contribution is 2.44. The number of aliphatic hydroxyl groups excluding tert-OH is 1. The lowest BCUT2D eigenvalue weighted by Crippen LogP contribution is -2.29. The van der Waals surface area contributed by atoms with Crippen LogP contribution in [0, 0.1) is 13.8 Å². The zero-order valence-electron chi connectivity index (χ0n) is 16.9. The van der Waals surface area contributed by atoms with Crippen molar-refractivity contribution in [2.75, 3.05) is 12.0 Å². The van der Waals surface area contributed by atoms with E-state index >= 15 is 0 Å². The summed E-state index contributed by atoms with van der Waals surface area (Å²) in [6.45, 7) is 3.51. The predicted octanol–water partition coefficient (Wildman–Crippen LogP) is 3.77. The molecule has 0 unspecified atom stereocenters. The zero-order valence-corrected chi connectivity index (χ0v) is 17.7. The van der Waals surface area contributed by atoms with E-state index in [1.54, 1.807) is 43.3 Å². The fourth-order valence-electron chi connectivity index (χ4n) is 3.38. The first-order chi connectivity index (χ1) is 14.8. The Hall–Kier alpha value is -3.72. The summed E-state index contributed by atoms with van der Waals surface area (Å²) in [5.41, 5.74) is 1.63. The summed E-state index contributed by atoms with van der Waals surface area (Å²) in [4.78, 5) is 43.7. The topological polar surface area (TPSA) is 110 Å².